The Hall–Kier alpha value is -4.55. The molecule has 220 valence electrons. The number of anilines is 1. The Labute approximate surface area is 241 Å². The number of carboxylic acid groups (broad SMARTS) is 1. The number of nitrogens with zero attached hydrogens (tertiary/aromatic N) is 4. The molecule has 0 aliphatic carbocycles. The molecule has 1 aliphatic rings. The summed E-state index contributed by atoms with van der Waals surface area (Å²) < 4.78 is 30.7. The molecule has 2 atom stereocenters. The van der Waals surface area contributed by atoms with Crippen LogP contribution in [0.5, 0.6) is 0 Å². The number of ketones is 1. The Bertz CT molecular complexity index is 1640. The monoisotopic (exact) mass is 577 g/mol. The van der Waals surface area contributed by atoms with E-state index < -0.39 is 23.9 Å². The fourth-order valence-electron chi connectivity index (χ4n) is 5.17. The minimum Gasteiger partial charge on any atom is -0.465 e. The van der Waals surface area contributed by atoms with Gasteiger partial charge in [-0.15, -0.1) is 0 Å². The van der Waals surface area contributed by atoms with Crippen LogP contribution in [-0.2, 0) is 27.9 Å². The number of benzene rings is 1. The molecule has 0 radical (unpaired) electrons. The van der Waals surface area contributed by atoms with Gasteiger partial charge in [-0.2, -0.15) is 5.10 Å². The molecule has 1 aromatic carbocycles. The van der Waals surface area contributed by atoms with E-state index in [9.17, 15) is 19.5 Å². The van der Waals surface area contributed by atoms with Crippen LogP contribution >= 0.6 is 0 Å². The summed E-state index contributed by atoms with van der Waals surface area (Å²) in [6.07, 6.45) is 7.68. The summed E-state index contributed by atoms with van der Waals surface area (Å²) in [4.78, 5) is 38.4. The molecule has 1 aliphatic heterocycles. The van der Waals surface area contributed by atoms with Crippen molar-refractivity contribution in [1.82, 2.24) is 19.1 Å². The van der Waals surface area contributed by atoms with Gasteiger partial charge >= 0.3 is 6.09 Å². The van der Waals surface area contributed by atoms with E-state index in [1.807, 2.05) is 0 Å². The zero-order chi connectivity index (χ0) is 30.0. The van der Waals surface area contributed by atoms with Gasteiger partial charge in [-0.1, -0.05) is 0 Å². The predicted molar refractivity (Wildman–Crippen MR) is 152 cm³/mol. The third kappa shape index (κ3) is 6.04. The number of hydrogen-bond acceptors (Lipinski definition) is 6. The number of carbonyl (C=O) groups is 3. The molecule has 5 rings (SSSR count). The van der Waals surface area contributed by atoms with Gasteiger partial charge < -0.3 is 24.3 Å². The first-order chi connectivity index (χ1) is 20.1. The number of nitrogens with one attached hydrogen (secondary N) is 1. The largest absolute Gasteiger partial charge is 0.465 e. The molecule has 11 nitrogen and oxygen atoms in total. The summed E-state index contributed by atoms with van der Waals surface area (Å²) in [5.74, 6) is -1.58. The number of halogens is 1. The molecule has 0 bridgehead atoms. The molecular formula is C30H32FN5O6. The molecule has 3 aromatic heterocycles. The highest BCUT2D eigenvalue weighted by molar-refractivity contribution is 6.09. The topological polar surface area (TPSA) is 127 Å². The summed E-state index contributed by atoms with van der Waals surface area (Å²) in [7, 11) is 3.04. The van der Waals surface area contributed by atoms with Crippen molar-refractivity contribution in [2.75, 3.05) is 19.0 Å². The number of ether oxygens (including phenoxy) is 2. The molecule has 1 saturated heterocycles. The molecule has 2 unspecified atom stereocenters. The second-order valence-electron chi connectivity index (χ2n) is 10.4. The molecule has 12 heteroatoms. The number of fused-ring (bicyclic) bond motifs is 1. The Morgan fingerprint density at radius 2 is 2.02 bits per heavy atom. The van der Waals surface area contributed by atoms with E-state index in [1.165, 1.54) is 20.0 Å². The summed E-state index contributed by atoms with van der Waals surface area (Å²) in [6.45, 7) is 2.09. The van der Waals surface area contributed by atoms with Crippen LogP contribution in [0.15, 0.2) is 55.1 Å². The normalized spacial score (nSPS) is 15.9. The van der Waals surface area contributed by atoms with Crippen LogP contribution in [0, 0.1) is 5.82 Å². The lowest BCUT2D eigenvalue weighted by atomic mass is 10.0. The van der Waals surface area contributed by atoms with Gasteiger partial charge in [0.2, 0.25) is 0 Å². The van der Waals surface area contributed by atoms with Crippen molar-refractivity contribution in [3.63, 3.8) is 0 Å². The lowest BCUT2D eigenvalue weighted by Gasteiger charge is -2.24. The summed E-state index contributed by atoms with van der Waals surface area (Å²) in [5, 5.41) is 16.3. The number of aryl methyl sites for hydroxylation is 1. The molecule has 42 heavy (non-hydrogen) atoms. The van der Waals surface area contributed by atoms with Gasteiger partial charge in [0.1, 0.15) is 6.04 Å². The van der Waals surface area contributed by atoms with Crippen molar-refractivity contribution in [2.45, 2.75) is 45.1 Å². The number of hydrogen-bond donors (Lipinski definition) is 2. The Kier molecular flexibility index (Phi) is 8.36. The SMILES string of the molecule is CC(=O)C(c1ccn2ccc(C(=O)Nc3cc(COC4CCCCO4)cc(-c4cnn(C)c4)c3F)c2c1)N(C)C(=O)O. The van der Waals surface area contributed by atoms with Gasteiger partial charge in [-0.3, -0.25) is 19.2 Å². The van der Waals surface area contributed by atoms with E-state index in [0.29, 0.717) is 28.8 Å². The zero-order valence-electron chi connectivity index (χ0n) is 23.5. The van der Waals surface area contributed by atoms with Crippen LogP contribution in [0.2, 0.25) is 0 Å². The van der Waals surface area contributed by atoms with Crippen LogP contribution in [-0.4, -0.2) is 61.9 Å². The second kappa shape index (κ2) is 12.1. The first kappa shape index (κ1) is 29.0. The first-order valence-corrected chi connectivity index (χ1v) is 13.5. The number of rotatable bonds is 9. The number of carbonyl (C=O) groups excluding carboxylic acids is 2. The van der Waals surface area contributed by atoms with Crippen LogP contribution in [0.25, 0.3) is 16.6 Å². The van der Waals surface area contributed by atoms with Crippen molar-refractivity contribution in [3.8, 4) is 11.1 Å². The van der Waals surface area contributed by atoms with Crippen molar-refractivity contribution < 1.29 is 33.4 Å². The average Bonchev–Trinajstić information content (AvgIpc) is 3.59. The molecular weight excluding hydrogens is 545 g/mol. The number of pyridine rings is 1. The third-order valence-corrected chi connectivity index (χ3v) is 7.29. The number of likely N-dealkylation sites (N-methyl/N-ethyl adjacent to an activating group) is 1. The Morgan fingerprint density at radius 1 is 1.24 bits per heavy atom. The highest BCUT2D eigenvalue weighted by atomic mass is 19.1. The van der Waals surface area contributed by atoms with Crippen LogP contribution < -0.4 is 5.32 Å². The van der Waals surface area contributed by atoms with E-state index in [1.54, 1.807) is 65.2 Å². The maximum atomic E-state index is 15.9. The second-order valence-corrected chi connectivity index (χ2v) is 10.4. The van der Waals surface area contributed by atoms with Gasteiger partial charge in [0.25, 0.3) is 5.91 Å². The molecule has 1 fully saturated rings. The van der Waals surface area contributed by atoms with Gasteiger partial charge in [0, 0.05) is 50.4 Å². The maximum Gasteiger partial charge on any atom is 0.407 e. The summed E-state index contributed by atoms with van der Waals surface area (Å²) in [5.41, 5.74) is 2.46. The Morgan fingerprint density at radius 3 is 2.69 bits per heavy atom. The first-order valence-electron chi connectivity index (χ1n) is 13.5. The van der Waals surface area contributed by atoms with E-state index >= 15 is 4.39 Å². The number of amides is 2. The van der Waals surface area contributed by atoms with Crippen molar-refractivity contribution in [2.24, 2.45) is 7.05 Å². The molecule has 0 spiro atoms. The van der Waals surface area contributed by atoms with E-state index in [2.05, 4.69) is 10.4 Å². The van der Waals surface area contributed by atoms with E-state index in [0.717, 1.165) is 24.2 Å². The lowest BCUT2D eigenvalue weighted by molar-refractivity contribution is -0.168. The molecule has 4 aromatic rings. The number of Topliss-reactive ketones (excluding diaryl/α,β-unsaturated/α-hetero) is 1. The van der Waals surface area contributed by atoms with E-state index in [4.69, 9.17) is 9.47 Å². The molecule has 2 amide bonds. The fourth-order valence-corrected chi connectivity index (χ4v) is 5.17. The standard InChI is InChI=1S/C30H32FN5O6/c1-18(37)28(35(3)30(39)40)20-7-9-36-10-8-22(25(36)14-20)29(38)33-24-13-19(17-42-26-6-4-5-11-41-26)12-23(27(24)31)21-15-32-34(2)16-21/h7-10,12-16,26,28H,4-6,11,17H2,1-3H3,(H,33,38)(H,39,40). The minimum absolute atomic E-state index is 0.0350. The highest BCUT2D eigenvalue weighted by Crippen LogP contribution is 2.31. The van der Waals surface area contributed by atoms with Gasteiger partial charge in [-0.25, -0.2) is 9.18 Å². The third-order valence-electron chi connectivity index (χ3n) is 7.29. The fraction of sp³-hybridized carbons (Fsp3) is 0.333. The minimum atomic E-state index is -1.26. The van der Waals surface area contributed by atoms with Crippen LogP contribution in [0.3, 0.4) is 0 Å². The van der Waals surface area contributed by atoms with Crippen molar-refractivity contribution >= 4 is 29.0 Å². The maximum absolute atomic E-state index is 15.9. The lowest BCUT2D eigenvalue weighted by Crippen LogP contribution is -2.33. The van der Waals surface area contributed by atoms with Gasteiger partial charge in [0.05, 0.1) is 29.6 Å². The predicted octanol–water partition coefficient (Wildman–Crippen LogP) is 5.01. The average molecular weight is 578 g/mol. The van der Waals surface area contributed by atoms with Crippen molar-refractivity contribution in [1.29, 1.82) is 0 Å². The van der Waals surface area contributed by atoms with Gasteiger partial charge in [-0.05, 0) is 67.6 Å². The molecule has 4 heterocycles. The smallest absolute Gasteiger partial charge is 0.407 e. The van der Waals surface area contributed by atoms with E-state index in [-0.39, 0.29) is 35.5 Å². The Balaban J connectivity index is 1.47. The quantitative estimate of drug-likeness (QED) is 0.286. The van der Waals surface area contributed by atoms with Crippen LogP contribution in [0.4, 0.5) is 14.9 Å². The van der Waals surface area contributed by atoms with Gasteiger partial charge in [0.15, 0.2) is 17.9 Å². The zero-order valence-corrected chi connectivity index (χ0v) is 23.5. The molecule has 0 saturated carbocycles. The highest BCUT2D eigenvalue weighted by Gasteiger charge is 2.27. The summed E-state index contributed by atoms with van der Waals surface area (Å²) >= 11 is 0. The summed E-state index contributed by atoms with van der Waals surface area (Å²) in [6, 6.07) is 6.94. The molecule has 2 N–H and O–H groups in total. The van der Waals surface area contributed by atoms with Crippen LogP contribution in [0.1, 0.15) is 53.7 Å². The van der Waals surface area contributed by atoms with Crippen molar-refractivity contribution in [3.05, 3.63) is 77.6 Å². The number of aromatic nitrogens is 3.